The monoisotopic (exact) mass is 233 g/mol. The van der Waals surface area contributed by atoms with E-state index in [1.807, 2.05) is 31.2 Å². The number of aliphatic hydroxyl groups excluding tert-OH is 2. The van der Waals surface area contributed by atoms with Gasteiger partial charge in [-0.25, -0.2) is 4.68 Å². The average Bonchev–Trinajstić information content (AvgIpc) is 2.72. The summed E-state index contributed by atoms with van der Waals surface area (Å²) in [4.78, 5) is 0. The summed E-state index contributed by atoms with van der Waals surface area (Å²) in [6.07, 6.45) is 0. The van der Waals surface area contributed by atoms with Gasteiger partial charge in [0.25, 0.3) is 0 Å². The number of hydrogen-bond donors (Lipinski definition) is 2. The summed E-state index contributed by atoms with van der Waals surface area (Å²) >= 11 is 0. The lowest BCUT2D eigenvalue weighted by molar-refractivity contribution is 0.268. The predicted molar refractivity (Wildman–Crippen MR) is 63.2 cm³/mol. The number of hydrogen-bond acceptors (Lipinski definition) is 4. The van der Waals surface area contributed by atoms with Crippen molar-refractivity contribution in [3.63, 3.8) is 0 Å². The Balaban J connectivity index is 2.51. The Bertz CT molecular complexity index is 508. The summed E-state index contributed by atoms with van der Waals surface area (Å²) in [5, 5.41) is 26.1. The number of benzene rings is 1. The highest BCUT2D eigenvalue weighted by atomic mass is 16.3. The quantitative estimate of drug-likeness (QED) is 0.817. The summed E-state index contributed by atoms with van der Waals surface area (Å²) in [5.41, 5.74) is 3.38. The maximum Gasteiger partial charge on any atom is 0.116 e. The third kappa shape index (κ3) is 2.35. The number of aliphatic hydroxyl groups is 2. The van der Waals surface area contributed by atoms with E-state index in [-0.39, 0.29) is 13.2 Å². The van der Waals surface area contributed by atoms with Gasteiger partial charge in [-0.05, 0) is 13.0 Å². The van der Waals surface area contributed by atoms with Crippen molar-refractivity contribution in [2.24, 2.45) is 0 Å². The van der Waals surface area contributed by atoms with E-state index >= 15 is 0 Å². The SMILES string of the molecule is Cc1cccc(-c2c(CO)nnn2CCO)c1. The van der Waals surface area contributed by atoms with Crippen LogP contribution in [0.15, 0.2) is 24.3 Å². The summed E-state index contributed by atoms with van der Waals surface area (Å²) in [6, 6.07) is 7.90. The molecule has 1 heterocycles. The van der Waals surface area contributed by atoms with Gasteiger partial charge in [0, 0.05) is 5.56 Å². The molecule has 0 saturated heterocycles. The average molecular weight is 233 g/mol. The van der Waals surface area contributed by atoms with Gasteiger partial charge in [0.15, 0.2) is 0 Å². The van der Waals surface area contributed by atoms with Crippen molar-refractivity contribution in [2.75, 3.05) is 6.61 Å². The van der Waals surface area contributed by atoms with Crippen molar-refractivity contribution in [3.8, 4) is 11.3 Å². The van der Waals surface area contributed by atoms with Crippen LogP contribution in [0.4, 0.5) is 0 Å². The number of aryl methyl sites for hydroxylation is 1. The molecule has 17 heavy (non-hydrogen) atoms. The van der Waals surface area contributed by atoms with Crippen LogP contribution in [0.5, 0.6) is 0 Å². The Kier molecular flexibility index (Phi) is 3.51. The fourth-order valence-electron chi connectivity index (χ4n) is 1.81. The molecule has 0 aliphatic rings. The van der Waals surface area contributed by atoms with Crippen molar-refractivity contribution in [3.05, 3.63) is 35.5 Å². The molecular formula is C12H15N3O2. The largest absolute Gasteiger partial charge is 0.394 e. The van der Waals surface area contributed by atoms with Crippen molar-refractivity contribution in [1.82, 2.24) is 15.0 Å². The zero-order valence-electron chi connectivity index (χ0n) is 9.67. The third-order valence-electron chi connectivity index (χ3n) is 2.56. The second-order valence-electron chi connectivity index (χ2n) is 3.86. The van der Waals surface area contributed by atoms with Gasteiger partial charge in [-0.3, -0.25) is 0 Å². The molecule has 2 rings (SSSR count). The molecule has 0 amide bonds. The summed E-state index contributed by atoms with van der Waals surface area (Å²) < 4.78 is 1.61. The van der Waals surface area contributed by atoms with Gasteiger partial charge in [-0.15, -0.1) is 5.10 Å². The molecule has 5 heteroatoms. The molecule has 0 saturated carbocycles. The Hall–Kier alpha value is -1.72. The lowest BCUT2D eigenvalue weighted by Gasteiger charge is -2.07. The van der Waals surface area contributed by atoms with Crippen molar-refractivity contribution in [2.45, 2.75) is 20.1 Å². The van der Waals surface area contributed by atoms with Crippen molar-refractivity contribution >= 4 is 0 Å². The minimum Gasteiger partial charge on any atom is -0.394 e. The van der Waals surface area contributed by atoms with Gasteiger partial charge in [0.05, 0.1) is 25.5 Å². The van der Waals surface area contributed by atoms with Crippen LogP contribution in [0.1, 0.15) is 11.3 Å². The molecule has 5 nitrogen and oxygen atoms in total. The van der Waals surface area contributed by atoms with Gasteiger partial charge in [0.1, 0.15) is 5.69 Å². The molecule has 90 valence electrons. The topological polar surface area (TPSA) is 71.2 Å². The highest BCUT2D eigenvalue weighted by Gasteiger charge is 2.13. The molecular weight excluding hydrogens is 218 g/mol. The number of nitrogens with zero attached hydrogens (tertiary/aromatic N) is 3. The van der Waals surface area contributed by atoms with Crippen LogP contribution in [-0.4, -0.2) is 31.8 Å². The van der Waals surface area contributed by atoms with Crippen LogP contribution < -0.4 is 0 Å². The molecule has 0 fully saturated rings. The molecule has 1 aromatic carbocycles. The fraction of sp³-hybridized carbons (Fsp3) is 0.333. The summed E-state index contributed by atoms with van der Waals surface area (Å²) in [6.45, 7) is 2.21. The van der Waals surface area contributed by atoms with E-state index in [1.165, 1.54) is 0 Å². The zero-order chi connectivity index (χ0) is 12.3. The number of aromatic nitrogens is 3. The Morgan fingerprint density at radius 2 is 2.12 bits per heavy atom. The lowest BCUT2D eigenvalue weighted by atomic mass is 10.1. The van der Waals surface area contributed by atoms with Crippen LogP contribution in [0.2, 0.25) is 0 Å². The summed E-state index contributed by atoms with van der Waals surface area (Å²) in [7, 11) is 0. The smallest absolute Gasteiger partial charge is 0.116 e. The molecule has 0 aliphatic heterocycles. The first-order chi connectivity index (χ1) is 8.26. The van der Waals surface area contributed by atoms with E-state index in [1.54, 1.807) is 4.68 Å². The Labute approximate surface area is 99.3 Å². The molecule has 0 atom stereocenters. The maximum atomic E-state index is 9.25. The first kappa shape index (κ1) is 11.8. The van der Waals surface area contributed by atoms with E-state index < -0.39 is 0 Å². The molecule has 0 bridgehead atoms. The normalized spacial score (nSPS) is 10.8. The third-order valence-corrected chi connectivity index (χ3v) is 2.56. The standard InChI is InChI=1S/C12H15N3O2/c1-9-3-2-4-10(7-9)12-11(8-17)13-14-15(12)5-6-16/h2-4,7,16-17H,5-6,8H2,1H3. The van der Waals surface area contributed by atoms with Crippen LogP contribution in [-0.2, 0) is 13.2 Å². The second-order valence-corrected chi connectivity index (χ2v) is 3.86. The van der Waals surface area contributed by atoms with Crippen LogP contribution in [0, 0.1) is 6.92 Å². The number of rotatable bonds is 4. The first-order valence-electron chi connectivity index (χ1n) is 5.47. The molecule has 2 aromatic rings. The lowest BCUT2D eigenvalue weighted by Crippen LogP contribution is -2.06. The van der Waals surface area contributed by atoms with E-state index in [0.29, 0.717) is 12.2 Å². The van der Waals surface area contributed by atoms with E-state index in [2.05, 4.69) is 10.3 Å². The predicted octanol–water partition coefficient (Wildman–Crippen LogP) is 0.738. The fourth-order valence-corrected chi connectivity index (χ4v) is 1.81. The van der Waals surface area contributed by atoms with E-state index in [0.717, 1.165) is 16.8 Å². The van der Waals surface area contributed by atoms with Gasteiger partial charge >= 0.3 is 0 Å². The minimum atomic E-state index is -0.158. The zero-order valence-corrected chi connectivity index (χ0v) is 9.67. The van der Waals surface area contributed by atoms with Gasteiger partial charge in [-0.1, -0.05) is 29.0 Å². The van der Waals surface area contributed by atoms with Crippen LogP contribution in [0.3, 0.4) is 0 Å². The molecule has 0 radical (unpaired) electrons. The Morgan fingerprint density at radius 1 is 1.29 bits per heavy atom. The van der Waals surface area contributed by atoms with Crippen LogP contribution in [0.25, 0.3) is 11.3 Å². The molecule has 0 aliphatic carbocycles. The van der Waals surface area contributed by atoms with Crippen molar-refractivity contribution in [1.29, 1.82) is 0 Å². The molecule has 0 spiro atoms. The molecule has 0 unspecified atom stereocenters. The maximum absolute atomic E-state index is 9.25. The molecule has 1 aromatic heterocycles. The summed E-state index contributed by atoms with van der Waals surface area (Å²) in [5.74, 6) is 0. The van der Waals surface area contributed by atoms with Gasteiger partial charge in [-0.2, -0.15) is 0 Å². The highest BCUT2D eigenvalue weighted by Crippen LogP contribution is 2.23. The highest BCUT2D eigenvalue weighted by molar-refractivity contribution is 5.62. The van der Waals surface area contributed by atoms with Gasteiger partial charge in [0.2, 0.25) is 0 Å². The first-order valence-corrected chi connectivity index (χ1v) is 5.47. The van der Waals surface area contributed by atoms with Crippen LogP contribution >= 0.6 is 0 Å². The minimum absolute atomic E-state index is 0.00690. The van der Waals surface area contributed by atoms with E-state index in [4.69, 9.17) is 5.11 Å². The molecule has 2 N–H and O–H groups in total. The van der Waals surface area contributed by atoms with Gasteiger partial charge < -0.3 is 10.2 Å². The Morgan fingerprint density at radius 3 is 2.76 bits per heavy atom. The van der Waals surface area contributed by atoms with Crippen molar-refractivity contribution < 1.29 is 10.2 Å². The second kappa shape index (κ2) is 5.07. The van der Waals surface area contributed by atoms with E-state index in [9.17, 15) is 5.11 Å².